The van der Waals surface area contributed by atoms with Crippen LogP contribution in [0.3, 0.4) is 0 Å². The van der Waals surface area contributed by atoms with Gasteiger partial charge in [-0.2, -0.15) is 4.31 Å². The molecule has 1 aromatic rings. The van der Waals surface area contributed by atoms with Gasteiger partial charge in [-0.05, 0) is 24.6 Å². The molecular weight excluding hydrogens is 324 g/mol. The summed E-state index contributed by atoms with van der Waals surface area (Å²) in [6.45, 7) is 4.22. The summed E-state index contributed by atoms with van der Waals surface area (Å²) in [6, 6.07) is 1.95. The molecule has 0 bridgehead atoms. The lowest BCUT2D eigenvalue weighted by Crippen LogP contribution is -2.34. The highest BCUT2D eigenvalue weighted by Crippen LogP contribution is 2.24. The highest BCUT2D eigenvalue weighted by Gasteiger charge is 2.28. The van der Waals surface area contributed by atoms with Crippen LogP contribution >= 0.6 is 11.6 Å². The molecule has 1 rings (SSSR count). The molecule has 0 heterocycles. The first-order valence-corrected chi connectivity index (χ1v) is 8.47. The van der Waals surface area contributed by atoms with Crippen molar-refractivity contribution in [2.24, 2.45) is 0 Å². The molecule has 8 heteroatoms. The maximum absolute atomic E-state index is 13.8. The third kappa shape index (κ3) is 4.35. The molecule has 0 aliphatic heterocycles. The number of benzene rings is 1. The van der Waals surface area contributed by atoms with Crippen LogP contribution in [0.5, 0.6) is 0 Å². The molecule has 0 saturated heterocycles. The topological polar surface area (TPSA) is 46.6 Å². The minimum Gasteiger partial charge on any atom is -0.380 e. The molecule has 120 valence electrons. The highest BCUT2D eigenvalue weighted by atomic mass is 35.5. The van der Waals surface area contributed by atoms with E-state index in [0.717, 1.165) is 16.4 Å². The number of sulfonamides is 1. The quantitative estimate of drug-likeness (QED) is 0.539. The van der Waals surface area contributed by atoms with Crippen LogP contribution in [-0.4, -0.2) is 39.0 Å². The summed E-state index contributed by atoms with van der Waals surface area (Å²) in [5.41, 5.74) is 0.204. The predicted molar refractivity (Wildman–Crippen MR) is 76.8 cm³/mol. The van der Waals surface area contributed by atoms with Crippen molar-refractivity contribution in [3.8, 4) is 0 Å². The molecule has 0 aliphatic rings. The first-order valence-electron chi connectivity index (χ1n) is 6.50. The molecule has 4 nitrogen and oxygen atoms in total. The Morgan fingerprint density at radius 1 is 1.29 bits per heavy atom. The molecule has 0 atom stereocenters. The van der Waals surface area contributed by atoms with Gasteiger partial charge in [0.05, 0.1) is 6.61 Å². The Hall–Kier alpha value is -0.760. The van der Waals surface area contributed by atoms with Crippen molar-refractivity contribution in [2.75, 3.05) is 26.3 Å². The van der Waals surface area contributed by atoms with E-state index in [0.29, 0.717) is 6.61 Å². The van der Waals surface area contributed by atoms with Gasteiger partial charge in [-0.3, -0.25) is 0 Å². The lowest BCUT2D eigenvalue weighted by molar-refractivity contribution is 0.135. The Morgan fingerprint density at radius 2 is 1.95 bits per heavy atom. The summed E-state index contributed by atoms with van der Waals surface area (Å²) >= 11 is 5.57. The zero-order chi connectivity index (χ0) is 16.0. The number of rotatable bonds is 8. The van der Waals surface area contributed by atoms with Gasteiger partial charge in [-0.25, -0.2) is 17.2 Å². The number of hydrogen-bond acceptors (Lipinski definition) is 3. The molecule has 0 aromatic heterocycles. The molecule has 0 spiro atoms. The van der Waals surface area contributed by atoms with Gasteiger partial charge in [0.15, 0.2) is 11.6 Å². The van der Waals surface area contributed by atoms with Crippen molar-refractivity contribution in [2.45, 2.75) is 24.6 Å². The monoisotopic (exact) mass is 341 g/mol. The molecule has 0 fully saturated rings. The maximum Gasteiger partial charge on any atom is 0.246 e. The van der Waals surface area contributed by atoms with Crippen LogP contribution in [-0.2, 0) is 20.6 Å². The average Bonchev–Trinajstić information content (AvgIpc) is 2.45. The van der Waals surface area contributed by atoms with Crippen molar-refractivity contribution >= 4 is 21.6 Å². The molecule has 0 aliphatic carbocycles. The minimum atomic E-state index is -4.14. The summed E-state index contributed by atoms with van der Waals surface area (Å²) in [5.74, 6) is -2.73. The Balaban J connectivity index is 3.19. The van der Waals surface area contributed by atoms with E-state index < -0.39 is 26.6 Å². The van der Waals surface area contributed by atoms with Crippen molar-refractivity contribution in [1.29, 1.82) is 0 Å². The van der Waals surface area contributed by atoms with E-state index in [4.69, 9.17) is 16.3 Å². The number of alkyl halides is 1. The minimum absolute atomic E-state index is 0.0683. The Labute approximate surface area is 128 Å². The summed E-state index contributed by atoms with van der Waals surface area (Å²) in [6.07, 6.45) is 0. The van der Waals surface area contributed by atoms with Gasteiger partial charge in [-0.15, -0.1) is 11.6 Å². The summed E-state index contributed by atoms with van der Waals surface area (Å²) in [5, 5.41) is 0. The molecule has 0 saturated carbocycles. The molecular formula is C13H18ClF2NO3S. The SMILES string of the molecule is CCOCCN(CC)S(=O)(=O)c1cc(CCl)cc(F)c1F. The lowest BCUT2D eigenvalue weighted by Gasteiger charge is -2.21. The normalized spacial score (nSPS) is 12.1. The number of likely N-dealkylation sites (N-methyl/N-ethyl adjacent to an activating group) is 1. The second kappa shape index (κ2) is 8.03. The smallest absolute Gasteiger partial charge is 0.246 e. The van der Waals surface area contributed by atoms with Crippen molar-refractivity contribution in [3.05, 3.63) is 29.3 Å². The number of hydrogen-bond donors (Lipinski definition) is 0. The van der Waals surface area contributed by atoms with Crippen LogP contribution in [0, 0.1) is 11.6 Å². The molecule has 0 radical (unpaired) electrons. The predicted octanol–water partition coefficient (Wildman–Crippen LogP) is 2.75. The second-order valence-corrected chi connectivity index (χ2v) is 6.39. The third-order valence-corrected chi connectivity index (χ3v) is 5.15. The Morgan fingerprint density at radius 3 is 2.48 bits per heavy atom. The Kier molecular flexibility index (Phi) is 6.99. The summed E-state index contributed by atoms with van der Waals surface area (Å²) < 4.78 is 58.3. The average molecular weight is 342 g/mol. The third-order valence-electron chi connectivity index (χ3n) is 2.87. The lowest BCUT2D eigenvalue weighted by atomic mass is 10.2. The largest absolute Gasteiger partial charge is 0.380 e. The molecule has 0 N–H and O–H groups in total. The number of ether oxygens (including phenoxy) is 1. The van der Waals surface area contributed by atoms with Crippen LogP contribution in [0.15, 0.2) is 17.0 Å². The van der Waals surface area contributed by atoms with Crippen LogP contribution in [0.4, 0.5) is 8.78 Å². The van der Waals surface area contributed by atoms with Crippen LogP contribution < -0.4 is 0 Å². The zero-order valence-corrected chi connectivity index (χ0v) is 13.5. The van der Waals surface area contributed by atoms with E-state index in [-0.39, 0.29) is 31.1 Å². The first-order chi connectivity index (χ1) is 9.88. The first kappa shape index (κ1) is 18.3. The summed E-state index contributed by atoms with van der Waals surface area (Å²) in [4.78, 5) is -0.698. The van der Waals surface area contributed by atoms with Crippen LogP contribution in [0.1, 0.15) is 19.4 Å². The van der Waals surface area contributed by atoms with E-state index in [9.17, 15) is 17.2 Å². The van der Waals surface area contributed by atoms with E-state index in [1.165, 1.54) is 0 Å². The van der Waals surface area contributed by atoms with Gasteiger partial charge >= 0.3 is 0 Å². The molecule has 1 aromatic carbocycles. The van der Waals surface area contributed by atoms with Crippen molar-refractivity contribution < 1.29 is 21.9 Å². The fourth-order valence-corrected chi connectivity index (χ4v) is 3.49. The fourth-order valence-electron chi connectivity index (χ4n) is 1.78. The maximum atomic E-state index is 13.8. The van der Waals surface area contributed by atoms with Gasteiger partial charge in [0.2, 0.25) is 10.0 Å². The van der Waals surface area contributed by atoms with Crippen LogP contribution in [0.25, 0.3) is 0 Å². The second-order valence-electron chi connectivity index (χ2n) is 4.22. The Bertz CT molecular complexity index is 581. The van der Waals surface area contributed by atoms with Gasteiger partial charge in [-0.1, -0.05) is 6.92 Å². The van der Waals surface area contributed by atoms with E-state index in [1.54, 1.807) is 13.8 Å². The van der Waals surface area contributed by atoms with Crippen molar-refractivity contribution in [1.82, 2.24) is 4.31 Å². The van der Waals surface area contributed by atoms with Gasteiger partial charge in [0.1, 0.15) is 4.90 Å². The molecule has 21 heavy (non-hydrogen) atoms. The van der Waals surface area contributed by atoms with E-state index in [1.807, 2.05) is 0 Å². The van der Waals surface area contributed by atoms with E-state index in [2.05, 4.69) is 0 Å². The van der Waals surface area contributed by atoms with Crippen molar-refractivity contribution in [3.63, 3.8) is 0 Å². The highest BCUT2D eigenvalue weighted by molar-refractivity contribution is 7.89. The standard InChI is InChI=1S/C13H18ClF2NO3S/c1-3-17(5-6-20-4-2)21(18,19)12-8-10(9-14)7-11(15)13(12)16/h7-8H,3-6,9H2,1-2H3. The fraction of sp³-hybridized carbons (Fsp3) is 0.538. The van der Waals surface area contributed by atoms with Crippen LogP contribution in [0.2, 0.25) is 0 Å². The van der Waals surface area contributed by atoms with Gasteiger partial charge < -0.3 is 4.74 Å². The number of nitrogens with zero attached hydrogens (tertiary/aromatic N) is 1. The summed E-state index contributed by atoms with van der Waals surface area (Å²) in [7, 11) is -4.14. The zero-order valence-electron chi connectivity index (χ0n) is 11.9. The number of halogens is 3. The molecule has 0 unspecified atom stereocenters. The van der Waals surface area contributed by atoms with Gasteiger partial charge in [0, 0.05) is 25.6 Å². The van der Waals surface area contributed by atoms with Gasteiger partial charge in [0.25, 0.3) is 0 Å². The molecule has 0 amide bonds. The van der Waals surface area contributed by atoms with E-state index >= 15 is 0 Å².